The molecule has 3 unspecified atom stereocenters. The summed E-state index contributed by atoms with van der Waals surface area (Å²) >= 11 is 0. The predicted molar refractivity (Wildman–Crippen MR) is 89.1 cm³/mol. The Balaban J connectivity index is 1.91. The third-order valence-corrected chi connectivity index (χ3v) is 6.38. The topological polar surface area (TPSA) is 107 Å². The van der Waals surface area contributed by atoms with Crippen LogP contribution in [0.5, 0.6) is 0 Å². The smallest absolute Gasteiger partial charge is 0.317 e. The Hall–Kier alpha value is -1.35. The van der Waals surface area contributed by atoms with Crippen LogP contribution < -0.4 is 5.32 Å². The highest BCUT2D eigenvalue weighted by atomic mass is 32.2. The van der Waals surface area contributed by atoms with Crippen LogP contribution in [0, 0.1) is 11.8 Å². The Morgan fingerprint density at radius 3 is 2.54 bits per heavy atom. The monoisotopic (exact) mass is 361 g/mol. The van der Waals surface area contributed by atoms with Gasteiger partial charge in [0.15, 0.2) is 0 Å². The third-order valence-electron chi connectivity index (χ3n) is 5.05. The van der Waals surface area contributed by atoms with E-state index in [4.69, 9.17) is 0 Å². The number of hydrogen-bond acceptors (Lipinski definition) is 4. The van der Waals surface area contributed by atoms with Crippen molar-refractivity contribution < 1.29 is 23.1 Å². The number of carboxylic acids is 1. The average Bonchev–Trinajstić information content (AvgIpc) is 2.52. The molecule has 0 aromatic heterocycles. The summed E-state index contributed by atoms with van der Waals surface area (Å²) in [5, 5.41) is 12.0. The first-order chi connectivity index (χ1) is 11.2. The number of carbonyl (C=O) groups is 2. The minimum absolute atomic E-state index is 0.0469. The Bertz CT molecular complexity index is 580. The van der Waals surface area contributed by atoms with Crippen LogP contribution in [0.4, 0.5) is 4.79 Å². The van der Waals surface area contributed by atoms with Gasteiger partial charge < -0.3 is 15.3 Å². The zero-order valence-electron chi connectivity index (χ0n) is 14.3. The Labute approximate surface area is 143 Å². The van der Waals surface area contributed by atoms with Crippen LogP contribution >= 0.6 is 0 Å². The molecule has 0 spiro atoms. The van der Waals surface area contributed by atoms with E-state index in [1.807, 2.05) is 6.92 Å². The van der Waals surface area contributed by atoms with E-state index in [1.54, 1.807) is 0 Å². The fourth-order valence-corrected chi connectivity index (χ4v) is 4.69. The van der Waals surface area contributed by atoms with Crippen molar-refractivity contribution >= 4 is 22.0 Å². The van der Waals surface area contributed by atoms with E-state index in [2.05, 4.69) is 5.32 Å². The van der Waals surface area contributed by atoms with Crippen molar-refractivity contribution in [2.45, 2.75) is 38.6 Å². The van der Waals surface area contributed by atoms with E-state index in [-0.39, 0.29) is 31.1 Å². The van der Waals surface area contributed by atoms with E-state index in [0.717, 1.165) is 19.3 Å². The first-order valence-electron chi connectivity index (χ1n) is 8.42. The number of hydrogen-bond donors (Lipinski definition) is 2. The van der Waals surface area contributed by atoms with Gasteiger partial charge in [0.25, 0.3) is 0 Å². The van der Waals surface area contributed by atoms with E-state index < -0.39 is 21.9 Å². The lowest BCUT2D eigenvalue weighted by Gasteiger charge is -2.37. The maximum absolute atomic E-state index is 12.3. The lowest BCUT2D eigenvalue weighted by molar-refractivity contribution is -0.145. The van der Waals surface area contributed by atoms with Gasteiger partial charge in [-0.2, -0.15) is 4.31 Å². The first kappa shape index (κ1) is 19.0. The summed E-state index contributed by atoms with van der Waals surface area (Å²) in [5.74, 6) is -1.38. The highest BCUT2D eigenvalue weighted by Gasteiger charge is 2.34. The summed E-state index contributed by atoms with van der Waals surface area (Å²) in [6.45, 7) is 3.36. The van der Waals surface area contributed by atoms with Gasteiger partial charge in [-0.15, -0.1) is 0 Å². The number of aliphatic carboxylic acids is 1. The van der Waals surface area contributed by atoms with Crippen LogP contribution in [0.15, 0.2) is 0 Å². The van der Waals surface area contributed by atoms with Crippen molar-refractivity contribution in [1.29, 1.82) is 0 Å². The van der Waals surface area contributed by atoms with Crippen LogP contribution in [-0.4, -0.2) is 73.2 Å². The molecule has 2 heterocycles. The SMILES string of the molecule is CC1CCN(C(=O)NCC2CCCCN2S(C)(=O)=O)CC1C(=O)O. The third kappa shape index (κ3) is 4.60. The summed E-state index contributed by atoms with van der Waals surface area (Å²) in [4.78, 5) is 25.1. The molecule has 0 bridgehead atoms. The van der Waals surface area contributed by atoms with Gasteiger partial charge in [0.2, 0.25) is 10.0 Å². The summed E-state index contributed by atoms with van der Waals surface area (Å²) in [7, 11) is -3.28. The molecule has 2 rings (SSSR count). The molecule has 2 fully saturated rings. The Kier molecular flexibility index (Phi) is 6.08. The number of sulfonamides is 1. The highest BCUT2D eigenvalue weighted by Crippen LogP contribution is 2.24. The van der Waals surface area contributed by atoms with Crippen molar-refractivity contribution in [2.75, 3.05) is 32.4 Å². The first-order valence-corrected chi connectivity index (χ1v) is 10.3. The lowest BCUT2D eigenvalue weighted by Crippen LogP contribution is -2.53. The minimum atomic E-state index is -3.28. The molecule has 2 aliphatic heterocycles. The standard InChI is InChI=1S/C15H27N3O5S/c1-11-6-8-17(10-13(11)14(19)20)15(21)16-9-12-5-3-4-7-18(12)24(2,22)23/h11-13H,3-10H2,1-2H3,(H,16,21)(H,19,20). The van der Waals surface area contributed by atoms with Gasteiger partial charge in [-0.1, -0.05) is 13.3 Å². The number of carboxylic acid groups (broad SMARTS) is 1. The zero-order valence-corrected chi connectivity index (χ0v) is 15.1. The molecule has 3 atom stereocenters. The maximum atomic E-state index is 12.3. The van der Waals surface area contributed by atoms with Gasteiger partial charge in [-0.05, 0) is 25.2 Å². The molecule has 138 valence electrons. The minimum Gasteiger partial charge on any atom is -0.481 e. The van der Waals surface area contributed by atoms with E-state index >= 15 is 0 Å². The van der Waals surface area contributed by atoms with Crippen LogP contribution in [0.1, 0.15) is 32.6 Å². The van der Waals surface area contributed by atoms with Crippen LogP contribution in [0.3, 0.4) is 0 Å². The number of rotatable bonds is 4. The average molecular weight is 361 g/mol. The fraction of sp³-hybridized carbons (Fsp3) is 0.867. The Morgan fingerprint density at radius 2 is 1.92 bits per heavy atom. The van der Waals surface area contributed by atoms with E-state index in [0.29, 0.717) is 19.5 Å². The van der Waals surface area contributed by atoms with Crippen molar-refractivity contribution in [3.63, 3.8) is 0 Å². The van der Waals surface area contributed by atoms with E-state index in [1.165, 1.54) is 15.5 Å². The Morgan fingerprint density at radius 1 is 1.21 bits per heavy atom. The number of nitrogens with one attached hydrogen (secondary N) is 1. The fourth-order valence-electron chi connectivity index (χ4n) is 3.51. The molecule has 8 nitrogen and oxygen atoms in total. The zero-order chi connectivity index (χ0) is 17.9. The highest BCUT2D eigenvalue weighted by molar-refractivity contribution is 7.88. The van der Waals surface area contributed by atoms with Crippen molar-refractivity contribution in [2.24, 2.45) is 11.8 Å². The molecule has 24 heavy (non-hydrogen) atoms. The van der Waals surface area contributed by atoms with Gasteiger partial charge in [-0.3, -0.25) is 4.79 Å². The molecule has 9 heteroatoms. The molecule has 0 saturated carbocycles. The second kappa shape index (κ2) is 7.69. The van der Waals surface area contributed by atoms with Crippen LogP contribution in [0.2, 0.25) is 0 Å². The van der Waals surface area contributed by atoms with Gasteiger partial charge in [0, 0.05) is 32.2 Å². The summed E-state index contributed by atoms with van der Waals surface area (Å²) in [6, 6.07) is -0.538. The lowest BCUT2D eigenvalue weighted by atomic mass is 9.87. The van der Waals surface area contributed by atoms with Crippen LogP contribution in [-0.2, 0) is 14.8 Å². The van der Waals surface area contributed by atoms with Gasteiger partial charge >= 0.3 is 12.0 Å². The number of carbonyl (C=O) groups excluding carboxylic acids is 1. The molecule has 0 aliphatic carbocycles. The number of likely N-dealkylation sites (tertiary alicyclic amines) is 1. The molecule has 2 saturated heterocycles. The molecule has 0 radical (unpaired) electrons. The van der Waals surface area contributed by atoms with Crippen molar-refractivity contribution in [3.05, 3.63) is 0 Å². The van der Waals surface area contributed by atoms with E-state index in [9.17, 15) is 23.1 Å². The summed E-state index contributed by atoms with van der Waals surface area (Å²) < 4.78 is 25.1. The van der Waals surface area contributed by atoms with Crippen LogP contribution in [0.25, 0.3) is 0 Å². The summed E-state index contributed by atoms with van der Waals surface area (Å²) in [6.07, 6.45) is 4.35. The number of amides is 2. The maximum Gasteiger partial charge on any atom is 0.317 e. The molecule has 0 aromatic rings. The molecular formula is C15H27N3O5S. The molecule has 0 aromatic carbocycles. The van der Waals surface area contributed by atoms with Crippen molar-refractivity contribution in [1.82, 2.24) is 14.5 Å². The molecule has 2 aliphatic rings. The molecule has 2 N–H and O–H groups in total. The van der Waals surface area contributed by atoms with Crippen molar-refractivity contribution in [3.8, 4) is 0 Å². The number of nitrogens with zero attached hydrogens (tertiary/aromatic N) is 2. The predicted octanol–water partition coefficient (Wildman–Crippen LogP) is 0.553. The number of piperidine rings is 2. The van der Waals surface area contributed by atoms with Gasteiger partial charge in [0.05, 0.1) is 12.2 Å². The summed E-state index contributed by atoms with van der Waals surface area (Å²) in [5.41, 5.74) is 0. The quantitative estimate of drug-likeness (QED) is 0.760. The molecular weight excluding hydrogens is 334 g/mol. The van der Waals surface area contributed by atoms with Gasteiger partial charge in [-0.25, -0.2) is 13.2 Å². The molecule has 2 amide bonds. The largest absolute Gasteiger partial charge is 0.481 e. The number of urea groups is 1. The normalized spacial score (nSPS) is 29.2. The second-order valence-corrected chi connectivity index (χ2v) is 8.80. The second-order valence-electron chi connectivity index (χ2n) is 6.87. The van der Waals surface area contributed by atoms with Gasteiger partial charge in [0.1, 0.15) is 0 Å².